The number of hydrogen-bond acceptors (Lipinski definition) is 7. The summed E-state index contributed by atoms with van der Waals surface area (Å²) in [4.78, 5) is 37.2. The van der Waals surface area contributed by atoms with E-state index in [-0.39, 0.29) is 29.4 Å². The molecule has 218 valence electrons. The predicted octanol–water partition coefficient (Wildman–Crippen LogP) is 5.50. The molecule has 3 heterocycles. The zero-order chi connectivity index (χ0) is 30.2. The van der Waals surface area contributed by atoms with Crippen LogP contribution in [0.1, 0.15) is 53.8 Å². The van der Waals surface area contributed by atoms with E-state index in [2.05, 4.69) is 21.9 Å². The number of alkyl halides is 3. The number of rotatable bonds is 9. The standard InChI is InChI=1S/C29H27F3N6O4/c1-16-14-28(15-16,8-3-4-22(39)40)27-37-23(24-25(33)35-10-11-38(24)27)19-6-5-17(12-20(19)42-2)26(41)36-21-13-18(7-9-34-21)29(30,31)32/h5-7,9-13H,1,3-4,8,14-15H2,2H3,(H2,33,35)(H,39,40)(H,34,36,41). The number of carbonyl (C=O) groups is 2. The average Bonchev–Trinajstić information content (AvgIpc) is 3.32. The number of benzene rings is 1. The maximum absolute atomic E-state index is 13.1. The fraction of sp³-hybridized carbons (Fsp3) is 0.276. The topological polar surface area (TPSA) is 145 Å². The number of pyridine rings is 1. The van der Waals surface area contributed by atoms with Crippen molar-refractivity contribution in [3.05, 3.63) is 78.0 Å². The van der Waals surface area contributed by atoms with Crippen molar-refractivity contribution in [3.63, 3.8) is 0 Å². The predicted molar refractivity (Wildman–Crippen MR) is 148 cm³/mol. The third kappa shape index (κ3) is 5.37. The highest BCUT2D eigenvalue weighted by atomic mass is 19.4. The average molecular weight is 581 g/mol. The minimum absolute atomic E-state index is 0.0292. The second kappa shape index (κ2) is 10.8. The van der Waals surface area contributed by atoms with Crippen molar-refractivity contribution in [2.45, 2.75) is 43.7 Å². The fourth-order valence-corrected chi connectivity index (χ4v) is 5.45. The van der Waals surface area contributed by atoms with E-state index in [4.69, 9.17) is 15.5 Å². The monoisotopic (exact) mass is 580 g/mol. The highest BCUT2D eigenvalue weighted by molar-refractivity contribution is 6.04. The molecule has 4 aromatic rings. The van der Waals surface area contributed by atoms with Crippen LogP contribution in [0.2, 0.25) is 0 Å². The number of ether oxygens (including phenoxy) is 1. The molecule has 0 atom stereocenters. The molecule has 0 saturated heterocycles. The van der Waals surface area contributed by atoms with Gasteiger partial charge < -0.3 is 20.9 Å². The van der Waals surface area contributed by atoms with Crippen molar-refractivity contribution in [1.29, 1.82) is 0 Å². The van der Waals surface area contributed by atoms with Crippen LogP contribution in [0.4, 0.5) is 24.8 Å². The van der Waals surface area contributed by atoms with E-state index in [0.29, 0.717) is 48.3 Å². The number of carboxylic acid groups (broad SMARTS) is 1. The van der Waals surface area contributed by atoms with Gasteiger partial charge in [0.25, 0.3) is 5.91 Å². The summed E-state index contributed by atoms with van der Waals surface area (Å²) in [5.41, 5.74) is 7.57. The molecule has 5 rings (SSSR count). The normalized spacial score (nSPS) is 14.4. The first-order chi connectivity index (χ1) is 19.9. The molecule has 1 amide bonds. The lowest BCUT2D eigenvalue weighted by molar-refractivity contribution is -0.138. The third-order valence-electron chi connectivity index (χ3n) is 7.33. The number of nitrogens with zero attached hydrogens (tertiary/aromatic N) is 4. The molecule has 10 nitrogen and oxygen atoms in total. The Morgan fingerprint density at radius 2 is 1.95 bits per heavy atom. The number of hydrogen-bond donors (Lipinski definition) is 3. The van der Waals surface area contributed by atoms with Gasteiger partial charge in [-0.3, -0.25) is 14.0 Å². The van der Waals surface area contributed by atoms with Crippen LogP contribution in [-0.4, -0.2) is 43.4 Å². The molecule has 0 radical (unpaired) electrons. The van der Waals surface area contributed by atoms with Crippen molar-refractivity contribution in [3.8, 4) is 17.0 Å². The third-order valence-corrected chi connectivity index (χ3v) is 7.33. The van der Waals surface area contributed by atoms with Crippen LogP contribution in [0.5, 0.6) is 5.75 Å². The Labute approximate surface area is 238 Å². The highest BCUT2D eigenvalue weighted by Crippen LogP contribution is 2.51. The Hall–Kier alpha value is -4.94. The molecular weight excluding hydrogens is 553 g/mol. The number of anilines is 2. The van der Waals surface area contributed by atoms with E-state index in [9.17, 15) is 27.9 Å². The van der Waals surface area contributed by atoms with Gasteiger partial charge >= 0.3 is 12.1 Å². The number of methoxy groups -OCH3 is 1. The lowest BCUT2D eigenvalue weighted by atomic mass is 9.62. The van der Waals surface area contributed by atoms with Crippen LogP contribution in [0.25, 0.3) is 16.8 Å². The molecule has 4 N–H and O–H groups in total. The van der Waals surface area contributed by atoms with Crippen molar-refractivity contribution in [2.75, 3.05) is 18.2 Å². The number of nitrogen functional groups attached to an aromatic ring is 1. The Morgan fingerprint density at radius 1 is 1.19 bits per heavy atom. The van der Waals surface area contributed by atoms with Crippen molar-refractivity contribution < 1.29 is 32.6 Å². The van der Waals surface area contributed by atoms with Crippen LogP contribution >= 0.6 is 0 Å². The van der Waals surface area contributed by atoms with Gasteiger partial charge in [0.15, 0.2) is 0 Å². The Bertz CT molecular complexity index is 1710. The maximum Gasteiger partial charge on any atom is 0.416 e. The molecular formula is C29H27F3N6O4. The van der Waals surface area contributed by atoms with Gasteiger partial charge in [-0.15, -0.1) is 0 Å². The molecule has 1 aliphatic rings. The molecule has 42 heavy (non-hydrogen) atoms. The molecule has 0 aliphatic heterocycles. The molecule has 1 aromatic carbocycles. The van der Waals surface area contributed by atoms with E-state index in [0.717, 1.165) is 23.9 Å². The number of aromatic nitrogens is 4. The van der Waals surface area contributed by atoms with Crippen LogP contribution < -0.4 is 15.8 Å². The molecule has 0 bridgehead atoms. The summed E-state index contributed by atoms with van der Waals surface area (Å²) in [5, 5.41) is 11.6. The number of aliphatic carboxylic acids is 1. The summed E-state index contributed by atoms with van der Waals surface area (Å²) in [6, 6.07) is 6.12. The number of allylic oxidation sites excluding steroid dienone is 1. The Kier molecular flexibility index (Phi) is 7.35. The first kappa shape index (κ1) is 28.6. The van der Waals surface area contributed by atoms with E-state index >= 15 is 0 Å². The molecule has 0 spiro atoms. The first-order valence-electron chi connectivity index (χ1n) is 13.0. The second-order valence-corrected chi connectivity index (χ2v) is 10.2. The molecule has 1 aliphatic carbocycles. The number of amides is 1. The van der Waals surface area contributed by atoms with Gasteiger partial charge in [0.1, 0.15) is 34.4 Å². The largest absolute Gasteiger partial charge is 0.496 e. The van der Waals surface area contributed by atoms with E-state index in [1.165, 1.54) is 19.2 Å². The van der Waals surface area contributed by atoms with Crippen LogP contribution in [-0.2, 0) is 16.4 Å². The number of carbonyl (C=O) groups excluding carboxylic acids is 1. The molecule has 0 unspecified atom stereocenters. The summed E-state index contributed by atoms with van der Waals surface area (Å²) >= 11 is 0. The lowest BCUT2D eigenvalue weighted by Crippen LogP contribution is -2.38. The summed E-state index contributed by atoms with van der Waals surface area (Å²) in [6.07, 6.45) is 2.05. The number of carboxylic acids is 1. The number of imidazole rings is 1. The summed E-state index contributed by atoms with van der Waals surface area (Å²) in [6.45, 7) is 4.08. The summed E-state index contributed by atoms with van der Waals surface area (Å²) in [5.74, 6) is -0.635. The molecule has 3 aromatic heterocycles. The molecule has 1 saturated carbocycles. The fourth-order valence-electron chi connectivity index (χ4n) is 5.45. The van der Waals surface area contributed by atoms with Gasteiger partial charge in [0, 0.05) is 41.6 Å². The van der Waals surface area contributed by atoms with Crippen LogP contribution in [0, 0.1) is 0 Å². The van der Waals surface area contributed by atoms with Gasteiger partial charge in [0.05, 0.1) is 12.7 Å². The minimum atomic E-state index is -4.59. The van der Waals surface area contributed by atoms with Crippen LogP contribution in [0.3, 0.4) is 0 Å². The number of halogens is 3. The number of fused-ring (bicyclic) bond motifs is 1. The Balaban J connectivity index is 1.52. The van der Waals surface area contributed by atoms with Crippen LogP contribution in [0.15, 0.2) is 61.1 Å². The maximum atomic E-state index is 13.1. The Morgan fingerprint density at radius 3 is 2.62 bits per heavy atom. The number of nitrogens with one attached hydrogen (secondary N) is 1. The highest BCUT2D eigenvalue weighted by Gasteiger charge is 2.45. The zero-order valence-corrected chi connectivity index (χ0v) is 22.5. The quantitative estimate of drug-likeness (QED) is 0.220. The van der Waals surface area contributed by atoms with Gasteiger partial charge in [-0.05, 0) is 56.0 Å². The van der Waals surface area contributed by atoms with Crippen molar-refractivity contribution in [1.82, 2.24) is 19.4 Å². The minimum Gasteiger partial charge on any atom is -0.496 e. The van der Waals surface area contributed by atoms with Crippen molar-refractivity contribution in [2.24, 2.45) is 0 Å². The van der Waals surface area contributed by atoms with Gasteiger partial charge in [-0.2, -0.15) is 13.2 Å². The number of nitrogens with two attached hydrogens (primary N) is 1. The summed E-state index contributed by atoms with van der Waals surface area (Å²) in [7, 11) is 1.42. The van der Waals surface area contributed by atoms with E-state index in [1.54, 1.807) is 18.5 Å². The zero-order valence-electron chi connectivity index (χ0n) is 22.5. The molecule has 1 fully saturated rings. The SMILES string of the molecule is C=C1CC(CCCC(=O)O)(c2nc(-c3ccc(C(=O)Nc4cc(C(F)(F)F)ccn4)cc3OC)c3c(N)nccn23)C1. The van der Waals surface area contributed by atoms with Gasteiger partial charge in [-0.1, -0.05) is 12.2 Å². The summed E-state index contributed by atoms with van der Waals surface area (Å²) < 4.78 is 46.7. The first-order valence-corrected chi connectivity index (χ1v) is 13.0. The van der Waals surface area contributed by atoms with Gasteiger partial charge in [-0.25, -0.2) is 15.0 Å². The lowest BCUT2D eigenvalue weighted by Gasteiger charge is -2.42. The van der Waals surface area contributed by atoms with E-state index < -0.39 is 29.0 Å². The van der Waals surface area contributed by atoms with E-state index in [1.807, 2.05) is 4.40 Å². The smallest absolute Gasteiger partial charge is 0.416 e. The molecule has 13 heteroatoms. The second-order valence-electron chi connectivity index (χ2n) is 10.2. The van der Waals surface area contributed by atoms with Gasteiger partial charge in [0.2, 0.25) is 0 Å². The van der Waals surface area contributed by atoms with Crippen molar-refractivity contribution >= 4 is 29.0 Å².